The van der Waals surface area contributed by atoms with Gasteiger partial charge in [0.15, 0.2) is 9.84 Å². The van der Waals surface area contributed by atoms with Gasteiger partial charge in [0.05, 0.1) is 5.25 Å². The van der Waals surface area contributed by atoms with Crippen molar-refractivity contribution in [3.8, 4) is 0 Å². The van der Waals surface area contributed by atoms with Gasteiger partial charge < -0.3 is 0 Å². The summed E-state index contributed by atoms with van der Waals surface area (Å²) in [6.07, 6.45) is 6.42. The van der Waals surface area contributed by atoms with Gasteiger partial charge in [0.1, 0.15) is 0 Å². The van der Waals surface area contributed by atoms with Crippen LogP contribution < -0.4 is 0 Å². The largest absolute Gasteiger partial charge is 0.229 e. The van der Waals surface area contributed by atoms with E-state index in [4.69, 9.17) is 0 Å². The lowest BCUT2D eigenvalue weighted by Crippen LogP contribution is -2.17. The van der Waals surface area contributed by atoms with Crippen molar-refractivity contribution in [2.75, 3.05) is 6.26 Å². The Morgan fingerprint density at radius 2 is 2.00 bits per heavy atom. The minimum Gasteiger partial charge on any atom is -0.229 e. The predicted molar refractivity (Wildman–Crippen MR) is 48.4 cm³/mol. The fourth-order valence-electron chi connectivity index (χ4n) is 0.932. The van der Waals surface area contributed by atoms with Gasteiger partial charge in [-0.3, -0.25) is 0 Å². The van der Waals surface area contributed by atoms with Crippen LogP contribution in [0.25, 0.3) is 0 Å². The van der Waals surface area contributed by atoms with Crippen molar-refractivity contribution in [1.82, 2.24) is 0 Å². The van der Waals surface area contributed by atoms with E-state index in [2.05, 4.69) is 0 Å². The van der Waals surface area contributed by atoms with Crippen LogP contribution in [0.4, 0.5) is 0 Å². The lowest BCUT2D eigenvalue weighted by atomic mass is 10.2. The van der Waals surface area contributed by atoms with E-state index in [0.29, 0.717) is 12.8 Å². The first-order valence-corrected chi connectivity index (χ1v) is 5.77. The second kappa shape index (κ2) is 4.54. The maximum absolute atomic E-state index is 11.0. The van der Waals surface area contributed by atoms with Crippen molar-refractivity contribution >= 4 is 9.84 Å². The Morgan fingerprint density at radius 1 is 1.45 bits per heavy atom. The third-order valence-electron chi connectivity index (χ3n) is 1.70. The lowest BCUT2D eigenvalue weighted by Gasteiger charge is -2.08. The summed E-state index contributed by atoms with van der Waals surface area (Å²) in [4.78, 5) is 0. The summed E-state index contributed by atoms with van der Waals surface area (Å²) in [6.45, 7) is 3.80. The summed E-state index contributed by atoms with van der Waals surface area (Å²) in [7, 11) is -2.84. The van der Waals surface area contributed by atoms with Crippen molar-refractivity contribution in [1.29, 1.82) is 0 Å². The highest BCUT2D eigenvalue weighted by atomic mass is 32.2. The Bertz CT molecular complexity index is 214. The molecule has 0 saturated heterocycles. The summed E-state index contributed by atoms with van der Waals surface area (Å²) in [6, 6.07) is 0. The molecule has 0 aliphatic carbocycles. The minimum absolute atomic E-state index is 0.196. The van der Waals surface area contributed by atoms with E-state index in [-0.39, 0.29) is 5.25 Å². The summed E-state index contributed by atoms with van der Waals surface area (Å²) in [5.74, 6) is 0. The van der Waals surface area contributed by atoms with E-state index in [9.17, 15) is 8.42 Å². The summed E-state index contributed by atoms with van der Waals surface area (Å²) in [5, 5.41) is -0.196. The number of rotatable bonds is 4. The van der Waals surface area contributed by atoms with Crippen molar-refractivity contribution < 1.29 is 8.42 Å². The van der Waals surface area contributed by atoms with E-state index >= 15 is 0 Å². The highest BCUT2D eigenvalue weighted by Gasteiger charge is 2.15. The molecule has 0 spiro atoms. The molecule has 1 atom stereocenters. The number of hydrogen-bond acceptors (Lipinski definition) is 2. The van der Waals surface area contributed by atoms with E-state index in [1.165, 1.54) is 6.26 Å². The highest BCUT2D eigenvalue weighted by molar-refractivity contribution is 7.91. The second-order valence-corrected chi connectivity index (χ2v) is 4.99. The maximum atomic E-state index is 11.0. The molecule has 0 rings (SSSR count). The fourth-order valence-corrected chi connectivity index (χ4v) is 2.00. The van der Waals surface area contributed by atoms with Crippen LogP contribution in [0.3, 0.4) is 0 Å². The van der Waals surface area contributed by atoms with Gasteiger partial charge in [-0.1, -0.05) is 19.1 Å². The van der Waals surface area contributed by atoms with Crippen LogP contribution in [0, 0.1) is 0 Å². The molecule has 0 saturated carbocycles. The van der Waals surface area contributed by atoms with Gasteiger partial charge in [-0.15, -0.1) is 0 Å². The third-order valence-corrected chi connectivity index (χ3v) is 3.43. The summed E-state index contributed by atoms with van der Waals surface area (Å²) < 4.78 is 22.1. The predicted octanol–water partition coefficient (Wildman–Crippen LogP) is 1.78. The zero-order valence-electron chi connectivity index (χ0n) is 7.37. The third kappa shape index (κ3) is 4.19. The molecule has 0 radical (unpaired) electrons. The molecule has 0 aliphatic heterocycles. The quantitative estimate of drug-likeness (QED) is 0.612. The summed E-state index contributed by atoms with van der Waals surface area (Å²) >= 11 is 0. The van der Waals surface area contributed by atoms with E-state index in [0.717, 1.165) is 0 Å². The molecule has 0 bridgehead atoms. The summed E-state index contributed by atoms with van der Waals surface area (Å²) in [5.41, 5.74) is 0. The van der Waals surface area contributed by atoms with E-state index in [1.807, 2.05) is 26.0 Å². The van der Waals surface area contributed by atoms with Crippen LogP contribution in [0.2, 0.25) is 0 Å². The topological polar surface area (TPSA) is 34.1 Å². The molecule has 0 amide bonds. The molecule has 0 aliphatic rings. The van der Waals surface area contributed by atoms with Gasteiger partial charge in [-0.05, 0) is 19.8 Å². The molecule has 3 heteroatoms. The lowest BCUT2D eigenvalue weighted by molar-refractivity contribution is 0.581. The van der Waals surface area contributed by atoms with Crippen molar-refractivity contribution in [3.63, 3.8) is 0 Å². The second-order valence-electron chi connectivity index (χ2n) is 2.66. The monoisotopic (exact) mass is 176 g/mol. The molecule has 0 aromatic carbocycles. The number of hydrogen-bond donors (Lipinski definition) is 0. The van der Waals surface area contributed by atoms with Gasteiger partial charge in [0.25, 0.3) is 0 Å². The van der Waals surface area contributed by atoms with E-state index in [1.54, 1.807) is 0 Å². The van der Waals surface area contributed by atoms with Crippen LogP contribution >= 0.6 is 0 Å². The highest BCUT2D eigenvalue weighted by Crippen LogP contribution is 2.09. The molecular formula is C8H16O2S. The molecule has 0 N–H and O–H groups in total. The van der Waals surface area contributed by atoms with Crippen LogP contribution in [0.5, 0.6) is 0 Å². The van der Waals surface area contributed by atoms with Crippen LogP contribution in [-0.4, -0.2) is 19.9 Å². The minimum atomic E-state index is -2.84. The zero-order valence-corrected chi connectivity index (χ0v) is 8.19. The first kappa shape index (κ1) is 10.7. The number of allylic oxidation sites excluding steroid dienone is 2. The van der Waals surface area contributed by atoms with Gasteiger partial charge in [-0.25, -0.2) is 8.42 Å². The van der Waals surface area contributed by atoms with Crippen molar-refractivity contribution in [2.24, 2.45) is 0 Å². The molecule has 1 unspecified atom stereocenters. The van der Waals surface area contributed by atoms with Gasteiger partial charge in [0.2, 0.25) is 0 Å². The molecule has 0 aromatic rings. The fraction of sp³-hybridized carbons (Fsp3) is 0.750. The maximum Gasteiger partial charge on any atom is 0.150 e. The molecule has 0 fully saturated rings. The molecule has 66 valence electrons. The zero-order chi connectivity index (χ0) is 8.91. The first-order chi connectivity index (χ1) is 5.02. The standard InChI is InChI=1S/C8H16O2S/c1-4-6-7-8(5-2)11(3,9)10/h4,6,8H,5,7H2,1-3H3/b6-4+. The van der Waals surface area contributed by atoms with Crippen LogP contribution in [0.15, 0.2) is 12.2 Å². The van der Waals surface area contributed by atoms with Crippen LogP contribution in [0.1, 0.15) is 26.7 Å². The Labute approximate surface area is 69.2 Å². The Hall–Kier alpha value is -0.310. The SMILES string of the molecule is C/C=C/CC(CC)S(C)(=O)=O. The molecule has 0 heterocycles. The Morgan fingerprint density at radius 3 is 2.27 bits per heavy atom. The van der Waals surface area contributed by atoms with Crippen molar-refractivity contribution in [3.05, 3.63) is 12.2 Å². The molecular weight excluding hydrogens is 160 g/mol. The van der Waals surface area contributed by atoms with E-state index < -0.39 is 9.84 Å². The number of sulfone groups is 1. The molecule has 2 nitrogen and oxygen atoms in total. The average molecular weight is 176 g/mol. The Kier molecular flexibility index (Phi) is 4.42. The molecule has 0 aromatic heterocycles. The van der Waals surface area contributed by atoms with Crippen LogP contribution in [-0.2, 0) is 9.84 Å². The van der Waals surface area contributed by atoms with Crippen molar-refractivity contribution in [2.45, 2.75) is 31.9 Å². The molecule has 11 heavy (non-hydrogen) atoms. The average Bonchev–Trinajstić information content (AvgIpc) is 1.87. The smallest absolute Gasteiger partial charge is 0.150 e. The van der Waals surface area contributed by atoms with Gasteiger partial charge >= 0.3 is 0 Å². The first-order valence-electron chi connectivity index (χ1n) is 3.82. The normalized spacial score (nSPS) is 15.5. The van der Waals surface area contributed by atoms with Gasteiger partial charge in [-0.2, -0.15) is 0 Å². The van der Waals surface area contributed by atoms with Gasteiger partial charge in [0, 0.05) is 6.26 Å². The Balaban J connectivity index is 4.19.